The highest BCUT2D eigenvalue weighted by Crippen LogP contribution is 2.40. The first-order valence-corrected chi connectivity index (χ1v) is 11.8. The number of carbonyl (C=O) groups excluding carboxylic acids is 4. The van der Waals surface area contributed by atoms with Crippen LogP contribution in [0.25, 0.3) is 0 Å². The smallest absolute Gasteiger partial charge is 0.416 e. The number of nitrogens with one attached hydrogen (secondary N) is 2. The van der Waals surface area contributed by atoms with Gasteiger partial charge in [-0.05, 0) is 35.9 Å². The normalized spacial score (nSPS) is 17.2. The fourth-order valence-corrected chi connectivity index (χ4v) is 4.58. The van der Waals surface area contributed by atoms with E-state index in [1.807, 2.05) is 6.07 Å². The molecule has 1 aliphatic heterocycles. The van der Waals surface area contributed by atoms with Gasteiger partial charge in [-0.3, -0.25) is 14.4 Å². The molecule has 2 aromatic rings. The van der Waals surface area contributed by atoms with Crippen molar-refractivity contribution in [2.75, 3.05) is 25.3 Å². The molecule has 0 saturated heterocycles. The Labute approximate surface area is 219 Å². The molecule has 0 unspecified atom stereocenters. The molecule has 198 valence electrons. The first-order valence-electron chi connectivity index (χ1n) is 10.8. The number of hydrogen-bond acceptors (Lipinski definition) is 8. The summed E-state index contributed by atoms with van der Waals surface area (Å²) in [6.07, 6.45) is -4.59. The van der Waals surface area contributed by atoms with Crippen molar-refractivity contribution in [3.05, 3.63) is 75.8 Å². The summed E-state index contributed by atoms with van der Waals surface area (Å²) in [7, 11) is 2.30. The van der Waals surface area contributed by atoms with Gasteiger partial charge in [0.25, 0.3) is 0 Å². The summed E-state index contributed by atoms with van der Waals surface area (Å²) in [5.41, 5.74) is -0.503. The molecule has 3 rings (SSSR count). The van der Waals surface area contributed by atoms with Gasteiger partial charge in [0.2, 0.25) is 11.8 Å². The van der Waals surface area contributed by atoms with Crippen LogP contribution in [0.1, 0.15) is 27.4 Å². The van der Waals surface area contributed by atoms with E-state index in [1.165, 1.54) is 37.4 Å². The van der Waals surface area contributed by atoms with Gasteiger partial charge in [0, 0.05) is 11.6 Å². The Bertz CT molecular complexity index is 1340. The number of nitriles is 1. The maximum Gasteiger partial charge on any atom is 0.416 e. The number of allylic oxidation sites excluding steroid dienone is 1. The second-order valence-electron chi connectivity index (χ2n) is 7.85. The molecule has 2 amide bonds. The first-order chi connectivity index (χ1) is 18.0. The lowest BCUT2D eigenvalue weighted by Gasteiger charge is -2.31. The van der Waals surface area contributed by atoms with Gasteiger partial charge in [-0.25, -0.2) is 4.79 Å². The molecule has 0 fully saturated rings. The minimum absolute atomic E-state index is 0.00103. The van der Waals surface area contributed by atoms with Gasteiger partial charge >= 0.3 is 18.1 Å². The predicted molar refractivity (Wildman–Crippen MR) is 129 cm³/mol. The van der Waals surface area contributed by atoms with Crippen LogP contribution in [0, 0.1) is 17.2 Å². The Hall–Kier alpha value is -4.31. The van der Waals surface area contributed by atoms with E-state index < -0.39 is 47.3 Å². The number of esters is 2. The molecule has 0 spiro atoms. The minimum atomic E-state index is -4.59. The molecule has 2 N–H and O–H groups in total. The molecule has 0 bridgehead atoms. The lowest BCUT2D eigenvalue weighted by Crippen LogP contribution is -2.44. The molecular weight excluding hydrogens is 527 g/mol. The number of alkyl halides is 3. The van der Waals surface area contributed by atoms with Crippen molar-refractivity contribution >= 4 is 41.2 Å². The van der Waals surface area contributed by atoms with Crippen LogP contribution in [-0.4, -0.2) is 43.7 Å². The van der Waals surface area contributed by atoms with E-state index >= 15 is 0 Å². The molecule has 9 nitrogen and oxygen atoms in total. The largest absolute Gasteiger partial charge is 0.468 e. The van der Waals surface area contributed by atoms with Crippen LogP contribution in [-0.2, 0) is 30.0 Å². The molecule has 1 aliphatic rings. The van der Waals surface area contributed by atoms with E-state index in [-0.39, 0.29) is 27.6 Å². The zero-order chi connectivity index (χ0) is 28.0. The van der Waals surface area contributed by atoms with Gasteiger partial charge in [0.1, 0.15) is 5.92 Å². The molecule has 0 aromatic heterocycles. The molecule has 13 heteroatoms. The fourth-order valence-electron chi connectivity index (χ4n) is 3.73. The molecule has 0 saturated carbocycles. The highest BCUT2D eigenvalue weighted by atomic mass is 32.2. The molecular formula is C25H20F3N3O6S. The monoisotopic (exact) mass is 547 g/mol. The average molecular weight is 548 g/mol. The van der Waals surface area contributed by atoms with Crippen molar-refractivity contribution in [3.63, 3.8) is 0 Å². The number of ether oxygens (including phenoxy) is 2. The lowest BCUT2D eigenvalue weighted by molar-refractivity contribution is -0.150. The van der Waals surface area contributed by atoms with Crippen LogP contribution in [0.5, 0.6) is 0 Å². The van der Waals surface area contributed by atoms with E-state index in [9.17, 15) is 37.6 Å². The first kappa shape index (κ1) is 28.3. The molecule has 2 aromatic carbocycles. The van der Waals surface area contributed by atoms with Crippen molar-refractivity contribution in [1.82, 2.24) is 5.32 Å². The lowest BCUT2D eigenvalue weighted by atomic mass is 9.78. The highest BCUT2D eigenvalue weighted by molar-refractivity contribution is 8.03. The fraction of sp³-hybridized carbons (Fsp3) is 0.240. The summed E-state index contributed by atoms with van der Waals surface area (Å²) in [6.45, 7) is 0. The summed E-state index contributed by atoms with van der Waals surface area (Å²) in [5, 5.41) is 14.7. The number of anilines is 1. The van der Waals surface area contributed by atoms with Crippen LogP contribution in [0.2, 0.25) is 0 Å². The Morgan fingerprint density at radius 3 is 2.37 bits per heavy atom. The summed E-state index contributed by atoms with van der Waals surface area (Å²) in [5.74, 6) is -5.87. The number of amides is 2. The number of hydrogen-bond donors (Lipinski definition) is 2. The topological polar surface area (TPSA) is 135 Å². The maximum atomic E-state index is 12.9. The van der Waals surface area contributed by atoms with Crippen molar-refractivity contribution in [1.29, 1.82) is 5.26 Å². The van der Waals surface area contributed by atoms with E-state index in [2.05, 4.69) is 15.4 Å². The molecule has 1 heterocycles. The number of carbonyl (C=O) groups is 4. The van der Waals surface area contributed by atoms with Crippen LogP contribution in [0.15, 0.2) is 59.1 Å². The van der Waals surface area contributed by atoms with Gasteiger partial charge in [-0.1, -0.05) is 30.0 Å². The molecule has 0 aliphatic carbocycles. The third-order valence-electron chi connectivity index (χ3n) is 5.50. The van der Waals surface area contributed by atoms with Crippen molar-refractivity contribution in [2.45, 2.75) is 12.1 Å². The summed E-state index contributed by atoms with van der Waals surface area (Å²) in [6, 6.07) is 11.8. The van der Waals surface area contributed by atoms with Crippen LogP contribution in [0.4, 0.5) is 18.9 Å². The number of nitrogens with zero attached hydrogens (tertiary/aromatic N) is 1. The number of halogens is 3. The number of thioether (sulfide) groups is 1. The highest BCUT2D eigenvalue weighted by Gasteiger charge is 2.44. The Balaban J connectivity index is 1.88. The van der Waals surface area contributed by atoms with Gasteiger partial charge in [0.15, 0.2) is 0 Å². The Morgan fingerprint density at radius 2 is 1.79 bits per heavy atom. The quantitative estimate of drug-likeness (QED) is 0.397. The van der Waals surface area contributed by atoms with Gasteiger partial charge in [-0.15, -0.1) is 0 Å². The second-order valence-corrected chi connectivity index (χ2v) is 8.84. The van der Waals surface area contributed by atoms with Gasteiger partial charge in [-0.2, -0.15) is 18.4 Å². The molecule has 38 heavy (non-hydrogen) atoms. The molecule has 0 radical (unpaired) electrons. The maximum absolute atomic E-state index is 12.9. The minimum Gasteiger partial charge on any atom is -0.468 e. The second kappa shape index (κ2) is 11.8. The zero-order valence-corrected chi connectivity index (χ0v) is 20.7. The van der Waals surface area contributed by atoms with Crippen LogP contribution >= 0.6 is 11.8 Å². The van der Waals surface area contributed by atoms with Crippen LogP contribution < -0.4 is 10.6 Å². The van der Waals surface area contributed by atoms with Crippen molar-refractivity contribution < 1.29 is 41.8 Å². The van der Waals surface area contributed by atoms with Crippen molar-refractivity contribution in [2.24, 2.45) is 5.92 Å². The Morgan fingerprint density at radius 1 is 1.11 bits per heavy atom. The summed E-state index contributed by atoms with van der Waals surface area (Å²) < 4.78 is 48.2. The third kappa shape index (κ3) is 6.33. The van der Waals surface area contributed by atoms with E-state index in [4.69, 9.17) is 4.74 Å². The van der Waals surface area contributed by atoms with Gasteiger partial charge in [0.05, 0.1) is 47.8 Å². The average Bonchev–Trinajstić information content (AvgIpc) is 2.90. The Kier molecular flexibility index (Phi) is 8.80. The molecule has 2 atom stereocenters. The predicted octanol–water partition coefficient (Wildman–Crippen LogP) is 3.60. The summed E-state index contributed by atoms with van der Waals surface area (Å²) >= 11 is 0.767. The number of benzene rings is 2. The standard InChI is InChI=1S/C25H20F3N3O6S/c1-36-23(34)14-8-6-13(7-9-14)19-17(11-29)22(31-21(33)20(19)24(35)37-2)38-12-18(32)30-16-5-3-4-15(10-16)25(26,27)28/h3-10,19-20H,12H2,1-2H3,(H,30,32)(H,31,33)/t19-,20+/m1/s1. The van der Waals surface area contributed by atoms with Gasteiger partial charge < -0.3 is 20.1 Å². The third-order valence-corrected chi connectivity index (χ3v) is 6.51. The van der Waals surface area contributed by atoms with E-state index in [0.29, 0.717) is 5.56 Å². The van der Waals surface area contributed by atoms with E-state index in [1.54, 1.807) is 0 Å². The number of rotatable bonds is 7. The van der Waals surface area contributed by atoms with Crippen LogP contribution in [0.3, 0.4) is 0 Å². The van der Waals surface area contributed by atoms with E-state index in [0.717, 1.165) is 37.1 Å². The SMILES string of the molecule is COC(=O)c1ccc([C@@H]2C(C#N)=C(SCC(=O)Nc3cccc(C(F)(F)F)c3)NC(=O)[C@H]2C(=O)OC)cc1. The summed E-state index contributed by atoms with van der Waals surface area (Å²) in [4.78, 5) is 49.6. The van der Waals surface area contributed by atoms with Crippen molar-refractivity contribution in [3.8, 4) is 6.07 Å². The number of methoxy groups -OCH3 is 2. The zero-order valence-electron chi connectivity index (χ0n) is 19.9.